The molecule has 4 N–H and O–H groups in total. The van der Waals surface area contributed by atoms with E-state index in [1.807, 2.05) is 6.92 Å². The zero-order chi connectivity index (χ0) is 30.4. The van der Waals surface area contributed by atoms with Gasteiger partial charge in [0, 0.05) is 30.9 Å². The van der Waals surface area contributed by atoms with Gasteiger partial charge in [0.2, 0.25) is 0 Å². The first-order valence-electron chi connectivity index (χ1n) is 13.4. The average Bonchev–Trinajstić information content (AvgIpc) is 2.97. The van der Waals surface area contributed by atoms with Crippen LogP contribution >= 0.6 is 0 Å². The number of aliphatic hydroxyl groups is 1. The number of carbonyl (C=O) groups excluding carboxylic acids is 3. The van der Waals surface area contributed by atoms with Gasteiger partial charge in [-0.05, 0) is 67.6 Å². The number of benzene rings is 3. The van der Waals surface area contributed by atoms with Crippen LogP contribution in [0.5, 0.6) is 5.75 Å². The maximum atomic E-state index is 13.6. The Bertz CT molecular complexity index is 1420. The number of hydrogen-bond acceptors (Lipinski definition) is 5. The molecule has 3 atom stereocenters. The van der Waals surface area contributed by atoms with E-state index in [4.69, 9.17) is 4.74 Å². The van der Waals surface area contributed by atoms with Crippen LogP contribution in [-0.4, -0.2) is 71.8 Å². The van der Waals surface area contributed by atoms with Crippen LogP contribution in [-0.2, 0) is 0 Å². The van der Waals surface area contributed by atoms with Gasteiger partial charge in [0.15, 0.2) is 5.75 Å². The molecule has 0 spiro atoms. The van der Waals surface area contributed by atoms with Crippen molar-refractivity contribution >= 4 is 35.0 Å². The standard InChI is InChI=1S/C30H33F2N5O5/c1-18-15-37(19(2)17-38)28(39)24-5-4-6-25(35-29(40)33-22-11-7-20(31)8-12-22)27(24)42-26(18)16-36(3)30(41)34-23-13-9-21(32)10-14-23/h4-14,18-19,26,38H,15-17H2,1-3H3,(H,34,41)(H2,33,35,40)/t18-,19+,26+/m1/s1. The van der Waals surface area contributed by atoms with Gasteiger partial charge in [-0.15, -0.1) is 0 Å². The lowest BCUT2D eigenvalue weighted by Gasteiger charge is -2.38. The fourth-order valence-corrected chi connectivity index (χ4v) is 4.48. The van der Waals surface area contributed by atoms with E-state index in [-0.39, 0.29) is 48.5 Å². The maximum absolute atomic E-state index is 13.6. The Hall–Kier alpha value is -4.71. The van der Waals surface area contributed by atoms with Crippen molar-refractivity contribution < 1.29 is 33.0 Å². The highest BCUT2D eigenvalue weighted by molar-refractivity contribution is 6.04. The van der Waals surface area contributed by atoms with Crippen LogP contribution in [0.15, 0.2) is 66.7 Å². The monoisotopic (exact) mass is 581 g/mol. The van der Waals surface area contributed by atoms with E-state index in [9.17, 15) is 28.3 Å². The van der Waals surface area contributed by atoms with E-state index in [1.165, 1.54) is 53.4 Å². The number of hydrogen-bond donors (Lipinski definition) is 4. The summed E-state index contributed by atoms with van der Waals surface area (Å²) in [7, 11) is 1.58. The van der Waals surface area contributed by atoms with Crippen LogP contribution in [0, 0.1) is 17.6 Å². The van der Waals surface area contributed by atoms with E-state index >= 15 is 0 Å². The lowest BCUT2D eigenvalue weighted by atomic mass is 9.99. The van der Waals surface area contributed by atoms with Crippen molar-refractivity contribution in [3.05, 3.63) is 83.9 Å². The fourth-order valence-electron chi connectivity index (χ4n) is 4.48. The normalized spacial score (nSPS) is 17.2. The number of nitrogens with zero attached hydrogens (tertiary/aromatic N) is 2. The number of fused-ring (bicyclic) bond motifs is 1. The van der Waals surface area contributed by atoms with Gasteiger partial charge in [0.25, 0.3) is 5.91 Å². The third-order valence-corrected chi connectivity index (χ3v) is 6.94. The quantitative estimate of drug-likeness (QED) is 0.313. The van der Waals surface area contributed by atoms with E-state index in [1.54, 1.807) is 37.1 Å². The summed E-state index contributed by atoms with van der Waals surface area (Å²) < 4.78 is 32.9. The predicted molar refractivity (Wildman–Crippen MR) is 155 cm³/mol. The number of anilines is 3. The smallest absolute Gasteiger partial charge is 0.323 e. The molecule has 0 aromatic heterocycles. The zero-order valence-corrected chi connectivity index (χ0v) is 23.4. The van der Waals surface area contributed by atoms with Crippen LogP contribution in [0.4, 0.5) is 35.4 Å². The van der Waals surface area contributed by atoms with Crippen molar-refractivity contribution in [3.8, 4) is 5.75 Å². The summed E-state index contributed by atoms with van der Waals surface area (Å²) in [6, 6.07) is 13.7. The molecule has 5 amide bonds. The predicted octanol–water partition coefficient (Wildman–Crippen LogP) is 4.99. The fraction of sp³-hybridized carbons (Fsp3) is 0.300. The molecule has 0 bridgehead atoms. The topological polar surface area (TPSA) is 123 Å². The molecule has 222 valence electrons. The summed E-state index contributed by atoms with van der Waals surface area (Å²) in [5.41, 5.74) is 1.14. The summed E-state index contributed by atoms with van der Waals surface area (Å²) in [4.78, 5) is 42.3. The highest BCUT2D eigenvalue weighted by atomic mass is 19.1. The summed E-state index contributed by atoms with van der Waals surface area (Å²) >= 11 is 0. The number of nitrogens with one attached hydrogen (secondary N) is 3. The van der Waals surface area contributed by atoms with E-state index in [0.29, 0.717) is 11.4 Å². The van der Waals surface area contributed by atoms with Gasteiger partial charge in [-0.3, -0.25) is 4.79 Å². The number of likely N-dealkylation sites (N-methyl/N-ethyl adjacent to an activating group) is 1. The van der Waals surface area contributed by atoms with E-state index < -0.39 is 35.8 Å². The number of ether oxygens (including phenoxy) is 1. The van der Waals surface area contributed by atoms with Crippen molar-refractivity contribution in [2.24, 2.45) is 5.92 Å². The molecule has 0 aliphatic carbocycles. The molecule has 12 heteroatoms. The van der Waals surface area contributed by atoms with Crippen LogP contribution in [0.1, 0.15) is 24.2 Å². The van der Waals surface area contributed by atoms with Gasteiger partial charge in [-0.25, -0.2) is 18.4 Å². The molecule has 42 heavy (non-hydrogen) atoms. The third kappa shape index (κ3) is 7.32. The van der Waals surface area contributed by atoms with Crippen molar-refractivity contribution in [2.75, 3.05) is 42.7 Å². The first kappa shape index (κ1) is 30.3. The van der Waals surface area contributed by atoms with Crippen molar-refractivity contribution in [1.82, 2.24) is 9.80 Å². The summed E-state index contributed by atoms with van der Waals surface area (Å²) in [5.74, 6) is -1.46. The number of rotatable bonds is 7. The lowest BCUT2D eigenvalue weighted by Crippen LogP contribution is -2.50. The summed E-state index contributed by atoms with van der Waals surface area (Å²) in [5, 5.41) is 17.9. The first-order valence-corrected chi connectivity index (χ1v) is 13.4. The maximum Gasteiger partial charge on any atom is 0.323 e. The number of aliphatic hydroxyl groups excluding tert-OH is 1. The van der Waals surface area contributed by atoms with Gasteiger partial charge in [-0.1, -0.05) is 13.0 Å². The molecule has 3 aromatic carbocycles. The minimum Gasteiger partial charge on any atom is -0.485 e. The average molecular weight is 582 g/mol. The first-order chi connectivity index (χ1) is 20.0. The Labute approximate surface area is 242 Å². The van der Waals surface area contributed by atoms with Gasteiger partial charge < -0.3 is 35.6 Å². The highest BCUT2D eigenvalue weighted by Crippen LogP contribution is 2.35. The lowest BCUT2D eigenvalue weighted by molar-refractivity contribution is 0.0373. The molecule has 1 aliphatic heterocycles. The Balaban J connectivity index is 1.61. The number of halogens is 2. The van der Waals surface area contributed by atoms with Crippen LogP contribution in [0.2, 0.25) is 0 Å². The van der Waals surface area contributed by atoms with Crippen molar-refractivity contribution in [2.45, 2.75) is 26.0 Å². The Morgan fingerprint density at radius 3 is 2.19 bits per heavy atom. The molecule has 0 radical (unpaired) electrons. The largest absolute Gasteiger partial charge is 0.485 e. The van der Waals surface area contributed by atoms with Crippen LogP contribution < -0.4 is 20.7 Å². The SMILES string of the molecule is C[C@@H]1CN([C@@H](C)CO)C(=O)c2cccc(NC(=O)Nc3ccc(F)cc3)c2O[C@H]1CN(C)C(=O)Nc1ccc(F)cc1. The number of amides is 5. The van der Waals surface area contributed by atoms with Crippen molar-refractivity contribution in [1.29, 1.82) is 0 Å². The number of carbonyl (C=O) groups is 3. The minimum atomic E-state index is -0.644. The molecule has 4 rings (SSSR count). The zero-order valence-electron chi connectivity index (χ0n) is 23.4. The second kappa shape index (κ2) is 13.3. The molecule has 0 saturated carbocycles. The molecular formula is C30H33F2N5O5. The molecule has 10 nitrogen and oxygen atoms in total. The molecule has 0 unspecified atom stereocenters. The van der Waals surface area contributed by atoms with Gasteiger partial charge in [-0.2, -0.15) is 0 Å². The molecular weight excluding hydrogens is 548 g/mol. The van der Waals surface area contributed by atoms with Gasteiger partial charge >= 0.3 is 12.1 Å². The van der Waals surface area contributed by atoms with E-state index in [0.717, 1.165) is 0 Å². The Morgan fingerprint density at radius 1 is 1.00 bits per heavy atom. The molecule has 1 heterocycles. The molecule has 0 saturated heterocycles. The highest BCUT2D eigenvalue weighted by Gasteiger charge is 2.35. The second-order valence-corrected chi connectivity index (χ2v) is 10.2. The summed E-state index contributed by atoms with van der Waals surface area (Å²) in [6.45, 7) is 3.66. The van der Waals surface area contributed by atoms with Crippen molar-refractivity contribution in [3.63, 3.8) is 0 Å². The molecule has 1 aliphatic rings. The minimum absolute atomic E-state index is 0.0965. The van der Waals surface area contributed by atoms with Crippen LogP contribution in [0.3, 0.4) is 0 Å². The van der Waals surface area contributed by atoms with Crippen LogP contribution in [0.25, 0.3) is 0 Å². The Morgan fingerprint density at radius 2 is 1.60 bits per heavy atom. The third-order valence-electron chi connectivity index (χ3n) is 6.94. The second-order valence-electron chi connectivity index (χ2n) is 10.2. The van der Waals surface area contributed by atoms with Gasteiger partial charge in [0.1, 0.15) is 17.7 Å². The van der Waals surface area contributed by atoms with Gasteiger partial charge in [0.05, 0.1) is 30.4 Å². The molecule has 0 fully saturated rings. The molecule has 3 aromatic rings. The van der Waals surface area contributed by atoms with E-state index in [2.05, 4.69) is 16.0 Å². The Kier molecular flexibility index (Phi) is 9.58. The number of urea groups is 2. The summed E-state index contributed by atoms with van der Waals surface area (Å²) in [6.07, 6.45) is -0.641. The number of para-hydroxylation sites is 1.